The second-order valence-electron chi connectivity index (χ2n) is 5.10. The highest BCUT2D eigenvalue weighted by Crippen LogP contribution is 2.29. The van der Waals surface area contributed by atoms with Gasteiger partial charge in [0.1, 0.15) is 0 Å². The quantitative estimate of drug-likeness (QED) is 0.529. The summed E-state index contributed by atoms with van der Waals surface area (Å²) >= 11 is 0. The van der Waals surface area contributed by atoms with Crippen molar-refractivity contribution in [3.8, 4) is 5.75 Å². The molecule has 0 amide bonds. The number of aliphatic hydroxyl groups is 2. The summed E-state index contributed by atoms with van der Waals surface area (Å²) in [6, 6.07) is 3.27. The van der Waals surface area contributed by atoms with Gasteiger partial charge < -0.3 is 20.1 Å². The Morgan fingerprint density at radius 2 is 1.96 bits per heavy atom. The van der Waals surface area contributed by atoms with E-state index >= 15 is 0 Å². The molecule has 0 bridgehead atoms. The Labute approximate surface area is 137 Å². The third-order valence-corrected chi connectivity index (χ3v) is 3.10. The van der Waals surface area contributed by atoms with Crippen LogP contribution in [-0.4, -0.2) is 49.6 Å². The summed E-state index contributed by atoms with van der Waals surface area (Å²) in [6.07, 6.45) is -3.03. The minimum Gasteiger partial charge on any atom is -0.485 e. The Morgan fingerprint density at radius 3 is 2.48 bits per heavy atom. The highest BCUT2D eigenvalue weighted by molar-refractivity contribution is 5.86. The Morgan fingerprint density at radius 1 is 1.28 bits per heavy atom. The van der Waals surface area contributed by atoms with Crippen molar-refractivity contribution in [2.24, 2.45) is 0 Å². The summed E-state index contributed by atoms with van der Waals surface area (Å²) in [6.45, 7) is -1.59. The number of nitrogens with zero attached hydrogens (tertiary/aromatic N) is 2. The number of rotatable bonds is 6. The van der Waals surface area contributed by atoms with E-state index in [1.165, 1.54) is 16.9 Å². The minimum atomic E-state index is -5.36. The molecule has 0 aliphatic heterocycles. The number of benzene rings is 1. The number of ether oxygens (including phenoxy) is 1. The lowest BCUT2D eigenvalue weighted by Crippen LogP contribution is -2.49. The topological polar surface area (TPSA) is 105 Å². The van der Waals surface area contributed by atoms with Gasteiger partial charge in [0.05, 0.1) is 18.3 Å². The molecular formula is C14H12F4N2O5. The van der Waals surface area contributed by atoms with Crippen LogP contribution in [0.2, 0.25) is 0 Å². The summed E-state index contributed by atoms with van der Waals surface area (Å²) in [4.78, 5) is 10.7. The number of aromatic carboxylic acids is 1. The van der Waals surface area contributed by atoms with Crippen LogP contribution in [0.5, 0.6) is 5.75 Å². The summed E-state index contributed by atoms with van der Waals surface area (Å²) in [5, 5.41) is 30.2. The fraction of sp³-hybridized carbons (Fsp3) is 0.286. The van der Waals surface area contributed by atoms with Crippen LogP contribution in [0, 0.1) is 5.82 Å². The van der Waals surface area contributed by atoms with E-state index in [9.17, 15) is 22.4 Å². The van der Waals surface area contributed by atoms with Crippen LogP contribution in [0.15, 0.2) is 30.6 Å². The summed E-state index contributed by atoms with van der Waals surface area (Å²) in [7, 11) is 0. The highest BCUT2D eigenvalue weighted by atomic mass is 19.4. The predicted octanol–water partition coefficient (Wildman–Crippen LogP) is 1.39. The Hall–Kier alpha value is -2.66. The molecule has 0 saturated carbocycles. The van der Waals surface area contributed by atoms with Crippen LogP contribution in [0.3, 0.4) is 0 Å². The molecule has 7 nitrogen and oxygen atoms in total. The molecule has 136 valence electrons. The SMILES string of the molecule is O=C(O)c1cnn(Cc2ccc(OCC(O)(O)C(F)(F)F)c(F)c2)c1. The lowest BCUT2D eigenvalue weighted by Gasteiger charge is -2.24. The van der Waals surface area contributed by atoms with E-state index < -0.39 is 36.1 Å². The second kappa shape index (κ2) is 6.69. The molecule has 25 heavy (non-hydrogen) atoms. The van der Waals surface area contributed by atoms with Crippen molar-refractivity contribution in [3.63, 3.8) is 0 Å². The minimum absolute atomic E-state index is 0.0109. The van der Waals surface area contributed by atoms with Gasteiger partial charge in [-0.3, -0.25) is 4.68 Å². The average molecular weight is 364 g/mol. The molecule has 0 spiro atoms. The maximum atomic E-state index is 13.9. The summed E-state index contributed by atoms with van der Waals surface area (Å²) in [5.41, 5.74) is 0.273. The van der Waals surface area contributed by atoms with Gasteiger partial charge in [0, 0.05) is 6.20 Å². The van der Waals surface area contributed by atoms with Crippen molar-refractivity contribution in [3.05, 3.63) is 47.5 Å². The molecule has 1 aromatic heterocycles. The number of carbonyl (C=O) groups is 1. The van der Waals surface area contributed by atoms with E-state index in [1.54, 1.807) is 0 Å². The number of alkyl halides is 3. The van der Waals surface area contributed by atoms with Crippen molar-refractivity contribution in [2.45, 2.75) is 18.5 Å². The molecule has 0 aliphatic carbocycles. The van der Waals surface area contributed by atoms with Crippen molar-refractivity contribution >= 4 is 5.97 Å². The van der Waals surface area contributed by atoms with E-state index in [2.05, 4.69) is 9.84 Å². The average Bonchev–Trinajstić information content (AvgIpc) is 2.94. The zero-order chi connectivity index (χ0) is 18.8. The first-order valence-corrected chi connectivity index (χ1v) is 6.68. The number of halogens is 4. The van der Waals surface area contributed by atoms with Gasteiger partial charge in [-0.05, 0) is 17.7 Å². The van der Waals surface area contributed by atoms with Gasteiger partial charge in [0.15, 0.2) is 18.2 Å². The Balaban J connectivity index is 2.06. The highest BCUT2D eigenvalue weighted by Gasteiger charge is 2.53. The van der Waals surface area contributed by atoms with Crippen LogP contribution in [0.25, 0.3) is 0 Å². The first-order chi connectivity index (χ1) is 11.5. The zero-order valence-corrected chi connectivity index (χ0v) is 12.4. The molecule has 0 fully saturated rings. The van der Waals surface area contributed by atoms with Crippen LogP contribution in [0.4, 0.5) is 17.6 Å². The van der Waals surface area contributed by atoms with Gasteiger partial charge in [0.2, 0.25) is 0 Å². The van der Waals surface area contributed by atoms with E-state index in [4.69, 9.17) is 15.3 Å². The fourth-order valence-corrected chi connectivity index (χ4v) is 1.77. The maximum absolute atomic E-state index is 13.9. The van der Waals surface area contributed by atoms with Crippen LogP contribution in [0.1, 0.15) is 15.9 Å². The largest absolute Gasteiger partial charge is 0.485 e. The Bertz CT molecular complexity index is 773. The second-order valence-corrected chi connectivity index (χ2v) is 5.10. The molecule has 3 N–H and O–H groups in total. The monoisotopic (exact) mass is 364 g/mol. The lowest BCUT2D eigenvalue weighted by molar-refractivity contribution is -0.355. The van der Waals surface area contributed by atoms with Gasteiger partial charge in [-0.25, -0.2) is 9.18 Å². The molecule has 2 aromatic rings. The third kappa shape index (κ3) is 4.45. The smallest absolute Gasteiger partial charge is 0.446 e. The molecule has 0 aliphatic rings. The standard InChI is InChI=1S/C14H12F4N2O5/c15-10-3-8(5-20-6-9(4-19-20)12(21)22)1-2-11(10)25-7-13(23,24)14(16,17)18/h1-4,6,23-24H,5,7H2,(H,21,22). The van der Waals surface area contributed by atoms with Crippen molar-refractivity contribution in [1.82, 2.24) is 9.78 Å². The third-order valence-electron chi connectivity index (χ3n) is 3.10. The van der Waals surface area contributed by atoms with Crippen molar-refractivity contribution in [2.75, 3.05) is 6.61 Å². The van der Waals surface area contributed by atoms with E-state index in [1.807, 2.05) is 0 Å². The first kappa shape index (κ1) is 18.7. The summed E-state index contributed by atoms with van der Waals surface area (Å²) in [5.74, 6) is -6.92. The first-order valence-electron chi connectivity index (χ1n) is 6.68. The molecular weight excluding hydrogens is 352 g/mol. The van der Waals surface area contributed by atoms with E-state index in [-0.39, 0.29) is 12.1 Å². The predicted molar refractivity (Wildman–Crippen MR) is 73.4 cm³/mol. The van der Waals surface area contributed by atoms with Crippen molar-refractivity contribution in [1.29, 1.82) is 0 Å². The van der Waals surface area contributed by atoms with Crippen LogP contribution >= 0.6 is 0 Å². The number of hydrogen-bond donors (Lipinski definition) is 3. The Kier molecular flexibility index (Phi) is 4.99. The molecule has 11 heteroatoms. The van der Waals surface area contributed by atoms with Gasteiger partial charge in [-0.15, -0.1) is 0 Å². The molecule has 0 unspecified atom stereocenters. The van der Waals surface area contributed by atoms with Crippen molar-refractivity contribution < 1.29 is 42.4 Å². The maximum Gasteiger partial charge on any atom is 0.446 e. The molecule has 1 heterocycles. The molecule has 2 rings (SSSR count). The van der Waals surface area contributed by atoms with E-state index in [0.717, 1.165) is 18.3 Å². The van der Waals surface area contributed by atoms with Gasteiger partial charge in [-0.1, -0.05) is 6.07 Å². The van der Waals surface area contributed by atoms with Crippen LogP contribution in [-0.2, 0) is 6.54 Å². The fourth-order valence-electron chi connectivity index (χ4n) is 1.77. The normalized spacial score (nSPS) is 12.2. The van der Waals surface area contributed by atoms with Crippen LogP contribution < -0.4 is 4.74 Å². The molecule has 1 aromatic carbocycles. The lowest BCUT2D eigenvalue weighted by atomic mass is 10.2. The number of carboxylic acids is 1. The number of carboxylic acid groups (broad SMARTS) is 1. The molecule has 0 atom stereocenters. The van der Waals surface area contributed by atoms with Gasteiger partial charge in [-0.2, -0.15) is 18.3 Å². The number of aromatic nitrogens is 2. The molecule has 0 saturated heterocycles. The number of hydrogen-bond acceptors (Lipinski definition) is 5. The molecule has 0 radical (unpaired) electrons. The zero-order valence-electron chi connectivity index (χ0n) is 12.4. The van der Waals surface area contributed by atoms with Gasteiger partial charge >= 0.3 is 12.1 Å². The summed E-state index contributed by atoms with van der Waals surface area (Å²) < 4.78 is 56.4. The van der Waals surface area contributed by atoms with Gasteiger partial charge in [0.25, 0.3) is 5.79 Å². The van der Waals surface area contributed by atoms with E-state index in [0.29, 0.717) is 5.56 Å².